The van der Waals surface area contributed by atoms with E-state index in [9.17, 15) is 4.39 Å². The lowest BCUT2D eigenvalue weighted by Gasteiger charge is -2.10. The standard InChI is InChI=1S/C17H20FNO2/c1-13-3-6-15(18)11-17(13)21-10-9-20-16-7-4-14(5-8-16)12-19-2/h3-8,11,19H,9-10,12H2,1-2H3. The van der Waals surface area contributed by atoms with Gasteiger partial charge in [-0.3, -0.25) is 0 Å². The fourth-order valence-electron chi connectivity index (χ4n) is 1.95. The highest BCUT2D eigenvalue weighted by Crippen LogP contribution is 2.18. The molecule has 0 spiro atoms. The van der Waals surface area contributed by atoms with Crippen molar-refractivity contribution in [3.63, 3.8) is 0 Å². The summed E-state index contributed by atoms with van der Waals surface area (Å²) < 4.78 is 24.2. The van der Waals surface area contributed by atoms with Crippen LogP contribution in [0.5, 0.6) is 11.5 Å². The van der Waals surface area contributed by atoms with Gasteiger partial charge in [-0.25, -0.2) is 4.39 Å². The molecule has 2 aromatic carbocycles. The Balaban J connectivity index is 1.77. The lowest BCUT2D eigenvalue weighted by atomic mass is 10.2. The van der Waals surface area contributed by atoms with Gasteiger partial charge in [-0.15, -0.1) is 0 Å². The van der Waals surface area contributed by atoms with Gasteiger partial charge in [-0.05, 0) is 43.3 Å². The van der Waals surface area contributed by atoms with Crippen molar-refractivity contribution in [1.29, 1.82) is 0 Å². The predicted octanol–water partition coefficient (Wildman–Crippen LogP) is 3.31. The van der Waals surface area contributed by atoms with Crippen molar-refractivity contribution in [3.8, 4) is 11.5 Å². The maximum atomic E-state index is 13.1. The van der Waals surface area contributed by atoms with E-state index in [-0.39, 0.29) is 5.82 Å². The van der Waals surface area contributed by atoms with Crippen molar-refractivity contribution in [2.45, 2.75) is 13.5 Å². The number of nitrogens with one attached hydrogen (secondary N) is 1. The Morgan fingerprint density at radius 2 is 1.71 bits per heavy atom. The normalized spacial score (nSPS) is 10.4. The second-order valence-electron chi connectivity index (χ2n) is 4.78. The summed E-state index contributed by atoms with van der Waals surface area (Å²) in [4.78, 5) is 0. The molecule has 0 aliphatic heterocycles. The van der Waals surface area contributed by atoms with Gasteiger partial charge in [-0.1, -0.05) is 18.2 Å². The quantitative estimate of drug-likeness (QED) is 0.793. The molecule has 112 valence electrons. The molecule has 3 nitrogen and oxygen atoms in total. The van der Waals surface area contributed by atoms with Crippen LogP contribution in [0.25, 0.3) is 0 Å². The Hall–Kier alpha value is -2.07. The minimum atomic E-state index is -0.295. The maximum absolute atomic E-state index is 13.1. The van der Waals surface area contributed by atoms with Crippen LogP contribution in [0.15, 0.2) is 42.5 Å². The van der Waals surface area contributed by atoms with Crippen molar-refractivity contribution in [2.75, 3.05) is 20.3 Å². The lowest BCUT2D eigenvalue weighted by molar-refractivity contribution is 0.216. The van der Waals surface area contributed by atoms with Gasteiger partial charge in [0.25, 0.3) is 0 Å². The summed E-state index contributed by atoms with van der Waals surface area (Å²) in [5.41, 5.74) is 2.12. The van der Waals surface area contributed by atoms with E-state index in [2.05, 4.69) is 5.32 Å². The number of hydrogen-bond donors (Lipinski definition) is 1. The minimum Gasteiger partial charge on any atom is -0.490 e. The molecule has 0 aliphatic carbocycles. The first-order valence-electron chi connectivity index (χ1n) is 6.94. The van der Waals surface area contributed by atoms with Gasteiger partial charge >= 0.3 is 0 Å². The summed E-state index contributed by atoms with van der Waals surface area (Å²) in [7, 11) is 1.91. The van der Waals surface area contributed by atoms with Gasteiger partial charge < -0.3 is 14.8 Å². The fourth-order valence-corrected chi connectivity index (χ4v) is 1.95. The zero-order valence-corrected chi connectivity index (χ0v) is 12.4. The van der Waals surface area contributed by atoms with Crippen molar-refractivity contribution in [3.05, 3.63) is 59.4 Å². The van der Waals surface area contributed by atoms with Crippen molar-refractivity contribution >= 4 is 0 Å². The fraction of sp³-hybridized carbons (Fsp3) is 0.294. The molecule has 0 bridgehead atoms. The van der Waals surface area contributed by atoms with Crippen LogP contribution in [0, 0.1) is 12.7 Å². The molecule has 0 saturated carbocycles. The molecule has 0 saturated heterocycles. The zero-order valence-electron chi connectivity index (χ0n) is 12.4. The monoisotopic (exact) mass is 289 g/mol. The number of ether oxygens (including phenoxy) is 2. The highest BCUT2D eigenvalue weighted by atomic mass is 19.1. The molecular weight excluding hydrogens is 269 g/mol. The van der Waals surface area contributed by atoms with E-state index in [4.69, 9.17) is 9.47 Å². The first-order chi connectivity index (χ1) is 10.2. The van der Waals surface area contributed by atoms with Crippen LogP contribution < -0.4 is 14.8 Å². The lowest BCUT2D eigenvalue weighted by Crippen LogP contribution is -2.10. The highest BCUT2D eigenvalue weighted by molar-refractivity contribution is 5.32. The van der Waals surface area contributed by atoms with Gasteiger partial charge in [-0.2, -0.15) is 0 Å². The second-order valence-corrected chi connectivity index (χ2v) is 4.78. The third-order valence-corrected chi connectivity index (χ3v) is 3.06. The summed E-state index contributed by atoms with van der Waals surface area (Å²) in [6, 6.07) is 12.4. The van der Waals surface area contributed by atoms with Crippen LogP contribution in [0.4, 0.5) is 4.39 Å². The Bertz CT molecular complexity index is 570. The Labute approximate surface area is 124 Å². The molecule has 0 heterocycles. The zero-order chi connectivity index (χ0) is 15.1. The molecule has 0 radical (unpaired) electrons. The highest BCUT2D eigenvalue weighted by Gasteiger charge is 2.02. The first kappa shape index (κ1) is 15.3. The predicted molar refractivity (Wildman–Crippen MR) is 81.3 cm³/mol. The summed E-state index contributed by atoms with van der Waals surface area (Å²) >= 11 is 0. The summed E-state index contributed by atoms with van der Waals surface area (Å²) in [6.45, 7) is 3.52. The van der Waals surface area contributed by atoms with Crippen molar-refractivity contribution in [2.24, 2.45) is 0 Å². The Kier molecular flexibility index (Phi) is 5.58. The first-order valence-corrected chi connectivity index (χ1v) is 6.94. The second kappa shape index (κ2) is 7.64. The summed E-state index contributed by atoms with van der Waals surface area (Å²) in [5.74, 6) is 1.06. The molecule has 0 unspecified atom stereocenters. The van der Waals surface area contributed by atoms with Crippen LogP contribution >= 0.6 is 0 Å². The topological polar surface area (TPSA) is 30.5 Å². The van der Waals surface area contributed by atoms with Gasteiger partial charge in [0.15, 0.2) is 0 Å². The third-order valence-electron chi connectivity index (χ3n) is 3.06. The maximum Gasteiger partial charge on any atom is 0.126 e. The molecule has 2 aromatic rings. The van der Waals surface area contributed by atoms with Crippen molar-refractivity contribution < 1.29 is 13.9 Å². The van der Waals surface area contributed by atoms with E-state index in [1.807, 2.05) is 38.2 Å². The molecule has 1 N–H and O–H groups in total. The van der Waals surface area contributed by atoms with Gasteiger partial charge in [0.2, 0.25) is 0 Å². The van der Waals surface area contributed by atoms with E-state index in [1.165, 1.54) is 17.7 Å². The van der Waals surface area contributed by atoms with E-state index in [0.29, 0.717) is 19.0 Å². The van der Waals surface area contributed by atoms with Gasteiger partial charge in [0.05, 0.1) is 0 Å². The summed E-state index contributed by atoms with van der Waals surface area (Å²) in [6.07, 6.45) is 0. The summed E-state index contributed by atoms with van der Waals surface area (Å²) in [5, 5.41) is 3.09. The molecule has 0 aliphatic rings. The largest absolute Gasteiger partial charge is 0.490 e. The van der Waals surface area contributed by atoms with Gasteiger partial charge in [0, 0.05) is 12.6 Å². The molecule has 0 amide bonds. The Morgan fingerprint density at radius 3 is 2.43 bits per heavy atom. The smallest absolute Gasteiger partial charge is 0.126 e. The number of rotatable bonds is 7. The van der Waals surface area contributed by atoms with Crippen LogP contribution in [-0.2, 0) is 6.54 Å². The van der Waals surface area contributed by atoms with Gasteiger partial charge in [0.1, 0.15) is 30.5 Å². The molecule has 0 atom stereocenters. The van der Waals surface area contributed by atoms with E-state index >= 15 is 0 Å². The number of aryl methyl sites for hydroxylation is 1. The number of hydrogen-bond acceptors (Lipinski definition) is 3. The molecule has 4 heteroatoms. The van der Waals surface area contributed by atoms with E-state index in [1.54, 1.807) is 6.07 Å². The minimum absolute atomic E-state index is 0.295. The average molecular weight is 289 g/mol. The SMILES string of the molecule is CNCc1ccc(OCCOc2cc(F)ccc2C)cc1. The average Bonchev–Trinajstić information content (AvgIpc) is 2.49. The van der Waals surface area contributed by atoms with E-state index < -0.39 is 0 Å². The molecule has 21 heavy (non-hydrogen) atoms. The molecule has 0 fully saturated rings. The van der Waals surface area contributed by atoms with Crippen LogP contribution in [-0.4, -0.2) is 20.3 Å². The number of halogens is 1. The Morgan fingerprint density at radius 1 is 1.00 bits per heavy atom. The van der Waals surface area contributed by atoms with E-state index in [0.717, 1.165) is 17.9 Å². The van der Waals surface area contributed by atoms with Crippen molar-refractivity contribution in [1.82, 2.24) is 5.32 Å². The van der Waals surface area contributed by atoms with Crippen LogP contribution in [0.3, 0.4) is 0 Å². The number of benzene rings is 2. The molecular formula is C17H20FNO2. The molecule has 0 aromatic heterocycles. The van der Waals surface area contributed by atoms with Crippen LogP contribution in [0.2, 0.25) is 0 Å². The molecule has 2 rings (SSSR count). The third kappa shape index (κ3) is 4.76. The van der Waals surface area contributed by atoms with Crippen LogP contribution in [0.1, 0.15) is 11.1 Å².